The molecular formula is C26H35NO6. The summed E-state index contributed by atoms with van der Waals surface area (Å²) in [5.74, 6) is -0.206. The minimum absolute atomic E-state index is 0.102. The summed E-state index contributed by atoms with van der Waals surface area (Å²) in [5.41, 5.74) is -0.102. The number of ether oxygens (including phenoxy) is 3. The summed E-state index contributed by atoms with van der Waals surface area (Å²) >= 11 is 0. The molecule has 0 radical (unpaired) electrons. The van der Waals surface area contributed by atoms with Crippen molar-refractivity contribution in [1.82, 2.24) is 4.90 Å². The van der Waals surface area contributed by atoms with E-state index in [4.69, 9.17) is 14.2 Å². The molecule has 180 valence electrons. The van der Waals surface area contributed by atoms with Crippen LogP contribution in [0.3, 0.4) is 0 Å². The third kappa shape index (κ3) is 2.52. The maximum atomic E-state index is 13.9. The van der Waals surface area contributed by atoms with Crippen LogP contribution >= 0.6 is 0 Å². The largest absolute Gasteiger partial charge is 0.458 e. The predicted octanol–water partition coefficient (Wildman–Crippen LogP) is 3.22. The van der Waals surface area contributed by atoms with E-state index in [1.807, 2.05) is 4.90 Å². The number of carbonyl (C=O) groups excluding carboxylic acids is 3. The molecule has 9 atom stereocenters. The lowest BCUT2D eigenvalue weighted by molar-refractivity contribution is -0.323. The highest BCUT2D eigenvalue weighted by Gasteiger charge is 2.79. The van der Waals surface area contributed by atoms with Gasteiger partial charge in [0.15, 0.2) is 0 Å². The fraction of sp³-hybridized carbons (Fsp3) is 0.808. The van der Waals surface area contributed by atoms with E-state index in [2.05, 4.69) is 13.5 Å². The second-order valence-electron chi connectivity index (χ2n) is 11.8. The van der Waals surface area contributed by atoms with Crippen LogP contribution < -0.4 is 0 Å². The van der Waals surface area contributed by atoms with Crippen LogP contribution in [0.4, 0.5) is 0 Å². The van der Waals surface area contributed by atoms with Gasteiger partial charge in [0.25, 0.3) is 0 Å². The summed E-state index contributed by atoms with van der Waals surface area (Å²) in [6.45, 7) is 10.5. The minimum Gasteiger partial charge on any atom is -0.458 e. The first-order valence-electron chi connectivity index (χ1n) is 12.6. The van der Waals surface area contributed by atoms with Crippen molar-refractivity contribution in [1.29, 1.82) is 0 Å². The van der Waals surface area contributed by atoms with Gasteiger partial charge < -0.3 is 19.1 Å². The summed E-state index contributed by atoms with van der Waals surface area (Å²) in [7, 11) is 0. The van der Waals surface area contributed by atoms with Crippen molar-refractivity contribution in [3.05, 3.63) is 12.2 Å². The quantitative estimate of drug-likeness (QED) is 0.468. The Morgan fingerprint density at radius 3 is 2.61 bits per heavy atom. The molecule has 1 spiro atoms. The second kappa shape index (κ2) is 6.83. The number of hydrogen-bond donors (Lipinski definition) is 0. The first-order valence-corrected chi connectivity index (χ1v) is 12.6. The molecule has 2 aliphatic heterocycles. The molecule has 2 heterocycles. The Hall–Kier alpha value is -1.89. The average Bonchev–Trinajstić information content (AvgIpc) is 3.24. The van der Waals surface area contributed by atoms with Gasteiger partial charge in [-0.3, -0.25) is 14.4 Å². The van der Waals surface area contributed by atoms with E-state index in [0.717, 1.165) is 44.9 Å². The molecule has 4 bridgehead atoms. The lowest BCUT2D eigenvalue weighted by atomic mass is 9.33. The van der Waals surface area contributed by atoms with Crippen molar-refractivity contribution in [2.24, 2.45) is 34.0 Å². The smallest absolute Gasteiger partial charge is 0.303 e. The van der Waals surface area contributed by atoms with Gasteiger partial charge in [0.2, 0.25) is 5.91 Å². The van der Waals surface area contributed by atoms with Crippen molar-refractivity contribution in [2.45, 2.75) is 84.2 Å². The van der Waals surface area contributed by atoms with Crippen LogP contribution in [0.1, 0.15) is 65.7 Å². The molecular weight excluding hydrogens is 422 g/mol. The average molecular weight is 458 g/mol. The monoisotopic (exact) mass is 457 g/mol. The SMILES string of the molecule is C=C1C[C@]23CC[C@H]1C[C@H]2[C@@]12CCC[C@@](C)(C(=O)N4CCO[C@@H]41)[C@H]2[C@H](OC(C)=O)[C@H]3OC(C)=O. The number of piperidine rings is 1. The molecule has 1 amide bonds. The van der Waals surface area contributed by atoms with Crippen LogP contribution in [-0.2, 0) is 28.6 Å². The molecule has 7 aliphatic rings. The van der Waals surface area contributed by atoms with Crippen molar-refractivity contribution in [3.8, 4) is 0 Å². The summed E-state index contributed by atoms with van der Waals surface area (Å²) in [6.07, 6.45) is 4.82. The first kappa shape index (κ1) is 21.6. The summed E-state index contributed by atoms with van der Waals surface area (Å²) < 4.78 is 18.6. The number of nitrogens with zero attached hydrogens (tertiary/aromatic N) is 1. The number of fused-ring (bicyclic) bond motifs is 3. The number of amides is 1. The Morgan fingerprint density at radius 1 is 1.15 bits per heavy atom. The van der Waals surface area contributed by atoms with E-state index < -0.39 is 23.6 Å². The van der Waals surface area contributed by atoms with E-state index >= 15 is 0 Å². The maximum Gasteiger partial charge on any atom is 0.303 e. The number of carbonyl (C=O) groups is 3. The van der Waals surface area contributed by atoms with E-state index in [1.165, 1.54) is 19.4 Å². The van der Waals surface area contributed by atoms with Gasteiger partial charge in [-0.15, -0.1) is 0 Å². The van der Waals surface area contributed by atoms with Crippen LogP contribution in [0.2, 0.25) is 0 Å². The Bertz CT molecular complexity index is 947. The van der Waals surface area contributed by atoms with E-state index in [9.17, 15) is 14.4 Å². The molecule has 0 aromatic rings. The van der Waals surface area contributed by atoms with Gasteiger partial charge in [0, 0.05) is 37.1 Å². The molecule has 7 fully saturated rings. The van der Waals surface area contributed by atoms with Crippen molar-refractivity contribution in [3.63, 3.8) is 0 Å². The Kier molecular flexibility index (Phi) is 4.48. The van der Waals surface area contributed by atoms with E-state index in [1.54, 1.807) is 0 Å². The lowest BCUT2D eigenvalue weighted by Gasteiger charge is -2.74. The Morgan fingerprint density at radius 2 is 1.91 bits per heavy atom. The van der Waals surface area contributed by atoms with E-state index in [0.29, 0.717) is 19.1 Å². The standard InChI is InChI=1S/C26H35NO6/c1-14-13-25-9-6-17(14)12-18(25)26-8-5-7-24(4,22(30)27-10-11-31-23(26)27)20(26)19(32-15(2)28)21(25)33-16(3)29/h17-21,23H,1,5-13H2,2-4H3/t17-,18+,19-,20+,21+,23+,24+,25+,26+/m0/s1. The Labute approximate surface area is 195 Å². The molecule has 0 aromatic heterocycles. The van der Waals surface area contributed by atoms with Crippen molar-refractivity contribution in [2.75, 3.05) is 13.2 Å². The number of rotatable bonds is 2. The van der Waals surface area contributed by atoms with Gasteiger partial charge in [-0.25, -0.2) is 0 Å². The molecule has 2 saturated heterocycles. The van der Waals surface area contributed by atoms with E-state index in [-0.39, 0.29) is 40.8 Å². The van der Waals surface area contributed by atoms with Crippen molar-refractivity contribution < 1.29 is 28.6 Å². The topological polar surface area (TPSA) is 82.1 Å². The molecule has 7 heteroatoms. The van der Waals surface area contributed by atoms with Gasteiger partial charge in [0.1, 0.15) is 18.4 Å². The summed E-state index contributed by atoms with van der Waals surface area (Å²) in [5, 5.41) is 0. The van der Waals surface area contributed by atoms with Gasteiger partial charge in [-0.05, 0) is 50.4 Å². The number of hydrogen-bond acceptors (Lipinski definition) is 6. The second-order valence-corrected chi connectivity index (χ2v) is 11.8. The summed E-state index contributed by atoms with van der Waals surface area (Å²) in [6, 6.07) is 0. The Balaban J connectivity index is 1.61. The normalized spacial score (nSPS) is 49.7. The van der Waals surface area contributed by atoms with Crippen LogP contribution in [0, 0.1) is 34.0 Å². The molecule has 0 unspecified atom stereocenters. The molecule has 5 aliphatic carbocycles. The zero-order valence-corrected chi connectivity index (χ0v) is 19.9. The third-order valence-corrected chi connectivity index (χ3v) is 10.4. The fourth-order valence-electron chi connectivity index (χ4n) is 9.65. The number of esters is 2. The molecule has 5 saturated carbocycles. The summed E-state index contributed by atoms with van der Waals surface area (Å²) in [4.78, 5) is 40.8. The first-order chi connectivity index (χ1) is 15.6. The van der Waals surface area contributed by atoms with Crippen LogP contribution in [0.15, 0.2) is 12.2 Å². The molecule has 7 rings (SSSR count). The highest BCUT2D eigenvalue weighted by molar-refractivity contribution is 5.85. The maximum absolute atomic E-state index is 13.9. The predicted molar refractivity (Wildman–Crippen MR) is 117 cm³/mol. The zero-order valence-electron chi connectivity index (χ0n) is 19.9. The molecule has 0 aromatic carbocycles. The molecule has 0 N–H and O–H groups in total. The van der Waals surface area contributed by atoms with Crippen LogP contribution in [0.5, 0.6) is 0 Å². The minimum atomic E-state index is -0.670. The van der Waals surface area contributed by atoms with Gasteiger partial charge in [-0.1, -0.05) is 25.5 Å². The molecule has 33 heavy (non-hydrogen) atoms. The highest BCUT2D eigenvalue weighted by atomic mass is 16.6. The van der Waals surface area contributed by atoms with Crippen LogP contribution in [0.25, 0.3) is 0 Å². The lowest BCUT2D eigenvalue weighted by Crippen LogP contribution is -2.80. The van der Waals surface area contributed by atoms with Gasteiger partial charge in [0.05, 0.1) is 12.0 Å². The van der Waals surface area contributed by atoms with Crippen LogP contribution in [-0.4, -0.2) is 54.3 Å². The third-order valence-electron chi connectivity index (χ3n) is 10.4. The zero-order chi connectivity index (χ0) is 23.3. The van der Waals surface area contributed by atoms with Crippen molar-refractivity contribution >= 4 is 17.8 Å². The highest BCUT2D eigenvalue weighted by Crippen LogP contribution is 2.76. The fourth-order valence-corrected chi connectivity index (χ4v) is 9.65. The van der Waals surface area contributed by atoms with Gasteiger partial charge in [-0.2, -0.15) is 0 Å². The van der Waals surface area contributed by atoms with Gasteiger partial charge >= 0.3 is 11.9 Å². The molecule has 7 nitrogen and oxygen atoms in total. The number of allylic oxidation sites excluding steroid dienone is 1.